The minimum Gasteiger partial charge on any atom is -0.330 e. The van der Waals surface area contributed by atoms with Crippen LogP contribution in [0, 0.1) is 5.92 Å². The largest absolute Gasteiger partial charge is 0.330 e. The number of likely N-dealkylation sites (tertiary alicyclic amines) is 1. The lowest BCUT2D eigenvalue weighted by atomic mass is 9.89. The van der Waals surface area contributed by atoms with E-state index in [4.69, 9.17) is 5.73 Å². The number of nitrogens with one attached hydrogen (secondary N) is 1. The molecular formula is C20H24ClF2N3OS. The van der Waals surface area contributed by atoms with Crippen molar-refractivity contribution < 1.29 is 13.6 Å². The van der Waals surface area contributed by atoms with E-state index in [0.717, 1.165) is 13.1 Å². The molecule has 0 aromatic heterocycles. The summed E-state index contributed by atoms with van der Waals surface area (Å²) in [6.07, 6.45) is 0. The third kappa shape index (κ3) is 5.91. The summed E-state index contributed by atoms with van der Waals surface area (Å²) in [7, 11) is 0. The zero-order valence-electron chi connectivity index (χ0n) is 15.3. The van der Waals surface area contributed by atoms with Gasteiger partial charge in [0.1, 0.15) is 0 Å². The normalized spacial score (nSPS) is 19.4. The summed E-state index contributed by atoms with van der Waals surface area (Å²) in [5.41, 5.74) is 7.59. The van der Waals surface area contributed by atoms with Crippen molar-refractivity contribution in [3.05, 3.63) is 60.2 Å². The second kappa shape index (κ2) is 10.8. The first-order valence-electron chi connectivity index (χ1n) is 8.88. The number of nitrogens with zero attached hydrogens (tertiary/aromatic N) is 1. The molecule has 0 unspecified atom stereocenters. The quantitative estimate of drug-likeness (QED) is 0.655. The number of carbonyl (C=O) groups excluding carboxylic acids is 1. The first-order chi connectivity index (χ1) is 13.1. The highest BCUT2D eigenvalue weighted by molar-refractivity contribution is 7.99. The summed E-state index contributed by atoms with van der Waals surface area (Å²) in [6, 6.07) is 16.8. The number of para-hydroxylation sites is 1. The van der Waals surface area contributed by atoms with Gasteiger partial charge in [-0.25, -0.2) is 0 Å². The number of alkyl halides is 2. The van der Waals surface area contributed by atoms with Crippen LogP contribution in [0.3, 0.4) is 0 Å². The molecule has 1 heterocycles. The zero-order chi connectivity index (χ0) is 19.2. The topological polar surface area (TPSA) is 58.4 Å². The van der Waals surface area contributed by atoms with Crippen LogP contribution >= 0.6 is 24.2 Å². The highest BCUT2D eigenvalue weighted by Crippen LogP contribution is 2.33. The van der Waals surface area contributed by atoms with Crippen molar-refractivity contribution >= 4 is 35.8 Å². The summed E-state index contributed by atoms with van der Waals surface area (Å²) < 4.78 is 25.4. The maximum absolute atomic E-state index is 12.7. The van der Waals surface area contributed by atoms with Gasteiger partial charge in [-0.1, -0.05) is 54.2 Å². The molecule has 2 aromatic rings. The third-order valence-corrected chi connectivity index (χ3v) is 5.58. The summed E-state index contributed by atoms with van der Waals surface area (Å²) in [5.74, 6) is -2.15. The summed E-state index contributed by atoms with van der Waals surface area (Å²) >= 11 is 0.433. The van der Waals surface area contributed by atoms with E-state index < -0.39 is 5.76 Å². The molecule has 1 aliphatic rings. The van der Waals surface area contributed by atoms with Gasteiger partial charge in [-0.2, -0.15) is 8.78 Å². The first kappa shape index (κ1) is 22.6. The summed E-state index contributed by atoms with van der Waals surface area (Å²) in [6.45, 7) is 2.28. The van der Waals surface area contributed by atoms with Crippen molar-refractivity contribution in [2.75, 3.05) is 31.5 Å². The SMILES string of the molecule is Cl.NC[C@@H]1CN(CC(=O)Nc2ccccc2SC(F)F)C[C@H]1c1ccccc1. The Morgan fingerprint density at radius 3 is 2.50 bits per heavy atom. The van der Waals surface area contributed by atoms with Gasteiger partial charge in [0.15, 0.2) is 0 Å². The molecule has 1 saturated heterocycles. The predicted octanol–water partition coefficient (Wildman–Crippen LogP) is 4.04. The van der Waals surface area contributed by atoms with Gasteiger partial charge in [-0.15, -0.1) is 12.4 Å². The van der Waals surface area contributed by atoms with E-state index in [1.54, 1.807) is 24.3 Å². The van der Waals surface area contributed by atoms with E-state index in [2.05, 4.69) is 22.3 Å². The number of hydrogen-bond acceptors (Lipinski definition) is 4. The van der Waals surface area contributed by atoms with Crippen LogP contribution in [-0.4, -0.2) is 42.7 Å². The van der Waals surface area contributed by atoms with E-state index in [0.29, 0.717) is 40.7 Å². The lowest BCUT2D eigenvalue weighted by molar-refractivity contribution is -0.117. The Morgan fingerprint density at radius 2 is 1.82 bits per heavy atom. The van der Waals surface area contributed by atoms with Gasteiger partial charge < -0.3 is 11.1 Å². The Labute approximate surface area is 174 Å². The van der Waals surface area contributed by atoms with Crippen LogP contribution in [0.5, 0.6) is 0 Å². The van der Waals surface area contributed by atoms with Crippen LogP contribution in [0.1, 0.15) is 11.5 Å². The van der Waals surface area contributed by atoms with Crippen molar-refractivity contribution in [3.8, 4) is 0 Å². The summed E-state index contributed by atoms with van der Waals surface area (Å²) in [4.78, 5) is 14.9. The predicted molar refractivity (Wildman–Crippen MR) is 112 cm³/mol. The monoisotopic (exact) mass is 427 g/mol. The number of thioether (sulfide) groups is 1. The molecule has 2 atom stereocenters. The standard InChI is InChI=1S/C20H23F2N3OS.ClH/c21-20(22)27-18-9-5-4-8-17(18)24-19(26)13-25-11-15(10-23)16(12-25)14-6-2-1-3-7-14;/h1-9,15-16,20H,10-13,23H2,(H,24,26);1H/t15-,16+;/m1./s1. The number of carbonyl (C=O) groups is 1. The van der Waals surface area contributed by atoms with Crippen LogP contribution in [0.2, 0.25) is 0 Å². The van der Waals surface area contributed by atoms with Crippen molar-refractivity contribution in [1.29, 1.82) is 0 Å². The molecule has 0 radical (unpaired) electrons. The maximum Gasteiger partial charge on any atom is 0.288 e. The zero-order valence-corrected chi connectivity index (χ0v) is 16.9. The Bertz CT molecular complexity index is 766. The number of benzene rings is 2. The van der Waals surface area contributed by atoms with Crippen LogP contribution < -0.4 is 11.1 Å². The molecule has 0 bridgehead atoms. The molecular weight excluding hydrogens is 404 g/mol. The van der Waals surface area contributed by atoms with Gasteiger partial charge in [-0.3, -0.25) is 9.69 Å². The van der Waals surface area contributed by atoms with Gasteiger partial charge >= 0.3 is 0 Å². The number of amides is 1. The molecule has 1 fully saturated rings. The van der Waals surface area contributed by atoms with Gasteiger partial charge in [0.2, 0.25) is 5.91 Å². The summed E-state index contributed by atoms with van der Waals surface area (Å²) in [5, 5.41) is 2.76. The third-order valence-electron chi connectivity index (χ3n) is 4.79. The highest BCUT2D eigenvalue weighted by Gasteiger charge is 2.33. The Hall–Kier alpha value is -1.67. The molecule has 8 heteroatoms. The molecule has 0 spiro atoms. The average molecular weight is 428 g/mol. The number of hydrogen-bond donors (Lipinski definition) is 2. The van der Waals surface area contributed by atoms with Crippen LogP contribution in [0.25, 0.3) is 0 Å². The number of halogens is 3. The first-order valence-corrected chi connectivity index (χ1v) is 9.76. The molecule has 3 N–H and O–H groups in total. The highest BCUT2D eigenvalue weighted by atomic mass is 35.5. The fraction of sp³-hybridized carbons (Fsp3) is 0.350. The van der Waals surface area contributed by atoms with E-state index in [-0.39, 0.29) is 24.9 Å². The molecule has 152 valence electrons. The molecule has 3 rings (SSSR count). The molecule has 2 aromatic carbocycles. The molecule has 1 aliphatic heterocycles. The lowest BCUT2D eigenvalue weighted by Crippen LogP contribution is -2.32. The maximum atomic E-state index is 12.7. The smallest absolute Gasteiger partial charge is 0.288 e. The minimum atomic E-state index is -2.53. The second-order valence-corrected chi connectivity index (χ2v) is 7.66. The minimum absolute atomic E-state index is 0. The Balaban J connectivity index is 0.00000280. The van der Waals surface area contributed by atoms with E-state index >= 15 is 0 Å². The van der Waals surface area contributed by atoms with Gasteiger partial charge in [0, 0.05) is 23.9 Å². The van der Waals surface area contributed by atoms with Crippen molar-refractivity contribution in [3.63, 3.8) is 0 Å². The van der Waals surface area contributed by atoms with E-state index in [9.17, 15) is 13.6 Å². The van der Waals surface area contributed by atoms with E-state index in [1.807, 2.05) is 18.2 Å². The molecule has 0 aliphatic carbocycles. The van der Waals surface area contributed by atoms with Crippen LogP contribution in [-0.2, 0) is 4.79 Å². The Morgan fingerprint density at radius 1 is 1.14 bits per heavy atom. The van der Waals surface area contributed by atoms with E-state index in [1.165, 1.54) is 5.56 Å². The average Bonchev–Trinajstić information content (AvgIpc) is 3.06. The fourth-order valence-electron chi connectivity index (χ4n) is 3.57. The number of anilines is 1. The van der Waals surface area contributed by atoms with Crippen LogP contribution in [0.15, 0.2) is 59.5 Å². The Kier molecular flexibility index (Phi) is 8.69. The molecule has 0 saturated carbocycles. The molecule has 28 heavy (non-hydrogen) atoms. The number of nitrogens with two attached hydrogens (primary N) is 1. The van der Waals surface area contributed by atoms with Crippen molar-refractivity contribution in [2.24, 2.45) is 11.7 Å². The lowest BCUT2D eigenvalue weighted by Gasteiger charge is -2.17. The second-order valence-electron chi connectivity index (χ2n) is 6.63. The van der Waals surface area contributed by atoms with Crippen LogP contribution in [0.4, 0.5) is 14.5 Å². The van der Waals surface area contributed by atoms with Gasteiger partial charge in [0.25, 0.3) is 5.76 Å². The molecule has 1 amide bonds. The van der Waals surface area contributed by atoms with Crippen molar-refractivity contribution in [2.45, 2.75) is 16.6 Å². The molecule has 4 nitrogen and oxygen atoms in total. The number of rotatable bonds is 7. The van der Waals surface area contributed by atoms with Gasteiger partial charge in [0.05, 0.1) is 12.2 Å². The van der Waals surface area contributed by atoms with Gasteiger partial charge in [-0.05, 0) is 30.2 Å². The fourth-order valence-corrected chi connectivity index (χ4v) is 4.16. The van der Waals surface area contributed by atoms with Crippen molar-refractivity contribution in [1.82, 2.24) is 4.90 Å².